The van der Waals surface area contributed by atoms with E-state index in [1.807, 2.05) is 22.6 Å². The molecule has 0 saturated carbocycles. The van der Waals surface area contributed by atoms with Crippen molar-refractivity contribution in [3.8, 4) is 5.88 Å². The maximum absolute atomic E-state index is 12.0. The third-order valence-corrected chi connectivity index (χ3v) is 3.26. The second-order valence-corrected chi connectivity index (χ2v) is 4.43. The van der Waals surface area contributed by atoms with Crippen LogP contribution < -0.4 is 4.74 Å². The molecule has 1 aromatic rings. The Morgan fingerprint density at radius 1 is 1.53 bits per heavy atom. The normalized spacial score (nSPS) is 11.6. The standard InChI is InChI=1S/C8H6BrF3INO/c1-4-6(13)2-5(3-9)14-7(4)15-8(10,11)12/h2H,3H2,1H3. The predicted molar refractivity (Wildman–Crippen MR) is 61.0 cm³/mol. The molecule has 84 valence electrons. The Balaban J connectivity index is 3.11. The van der Waals surface area contributed by atoms with Crippen LogP contribution in [0.25, 0.3) is 0 Å². The summed E-state index contributed by atoms with van der Waals surface area (Å²) in [6.07, 6.45) is -4.70. The van der Waals surface area contributed by atoms with E-state index in [-0.39, 0.29) is 5.88 Å². The van der Waals surface area contributed by atoms with Crippen molar-refractivity contribution in [2.24, 2.45) is 0 Å². The predicted octanol–water partition coefficient (Wildman–Crippen LogP) is 3.79. The highest BCUT2D eigenvalue weighted by Gasteiger charge is 2.32. The monoisotopic (exact) mass is 395 g/mol. The summed E-state index contributed by atoms with van der Waals surface area (Å²) in [4.78, 5) is 3.74. The van der Waals surface area contributed by atoms with E-state index in [9.17, 15) is 13.2 Å². The number of alkyl halides is 4. The topological polar surface area (TPSA) is 22.1 Å². The number of halogens is 5. The molecule has 0 N–H and O–H groups in total. The highest BCUT2D eigenvalue weighted by molar-refractivity contribution is 14.1. The Morgan fingerprint density at radius 3 is 2.60 bits per heavy atom. The average Bonchev–Trinajstić information content (AvgIpc) is 2.10. The highest BCUT2D eigenvalue weighted by Crippen LogP contribution is 2.28. The Morgan fingerprint density at radius 2 is 2.13 bits per heavy atom. The molecule has 0 radical (unpaired) electrons. The lowest BCUT2D eigenvalue weighted by molar-refractivity contribution is -0.276. The molecule has 1 aromatic heterocycles. The molecule has 0 spiro atoms. The van der Waals surface area contributed by atoms with Gasteiger partial charge in [-0.15, -0.1) is 13.2 Å². The molecule has 0 saturated heterocycles. The first-order valence-corrected chi connectivity index (χ1v) is 6.01. The second kappa shape index (κ2) is 4.86. The van der Waals surface area contributed by atoms with Gasteiger partial charge in [0.05, 0.1) is 5.69 Å². The molecule has 0 aliphatic heterocycles. The van der Waals surface area contributed by atoms with E-state index in [0.29, 0.717) is 20.2 Å². The average molecular weight is 396 g/mol. The highest BCUT2D eigenvalue weighted by atomic mass is 127. The van der Waals surface area contributed by atoms with E-state index >= 15 is 0 Å². The van der Waals surface area contributed by atoms with Gasteiger partial charge in [0.1, 0.15) is 0 Å². The SMILES string of the molecule is Cc1c(I)cc(CBr)nc1OC(F)(F)F. The molecule has 0 amide bonds. The van der Waals surface area contributed by atoms with Crippen molar-refractivity contribution in [2.75, 3.05) is 0 Å². The second-order valence-electron chi connectivity index (χ2n) is 2.71. The van der Waals surface area contributed by atoms with Crippen LogP contribution in [0.4, 0.5) is 13.2 Å². The summed E-state index contributed by atoms with van der Waals surface area (Å²) in [7, 11) is 0. The number of rotatable bonds is 2. The molecule has 2 nitrogen and oxygen atoms in total. The van der Waals surface area contributed by atoms with Crippen molar-refractivity contribution >= 4 is 38.5 Å². The third-order valence-electron chi connectivity index (χ3n) is 1.57. The quantitative estimate of drug-likeness (QED) is 0.561. The van der Waals surface area contributed by atoms with E-state index < -0.39 is 6.36 Å². The molecule has 0 fully saturated rings. The summed E-state index contributed by atoms with van der Waals surface area (Å²) < 4.78 is 40.5. The zero-order valence-electron chi connectivity index (χ0n) is 7.53. The number of pyridine rings is 1. The summed E-state index contributed by atoms with van der Waals surface area (Å²) in [5, 5.41) is 0.386. The van der Waals surface area contributed by atoms with Gasteiger partial charge in [-0.25, -0.2) is 4.98 Å². The summed E-state index contributed by atoms with van der Waals surface area (Å²) >= 11 is 5.07. The first kappa shape index (κ1) is 13.0. The summed E-state index contributed by atoms with van der Waals surface area (Å²) in [6, 6.07) is 1.70. The largest absolute Gasteiger partial charge is 0.574 e. The summed E-state index contributed by atoms with van der Waals surface area (Å²) in [5.41, 5.74) is 0.891. The van der Waals surface area contributed by atoms with Crippen molar-refractivity contribution in [2.45, 2.75) is 18.6 Å². The molecule has 0 aromatic carbocycles. The molecule has 0 aliphatic rings. The molecule has 0 unspecified atom stereocenters. The lowest BCUT2D eigenvalue weighted by atomic mass is 10.3. The van der Waals surface area contributed by atoms with Gasteiger partial charge in [0.2, 0.25) is 5.88 Å². The maximum Gasteiger partial charge on any atom is 0.574 e. The molecule has 1 rings (SSSR count). The van der Waals surface area contributed by atoms with Crippen LogP contribution in [0.2, 0.25) is 0 Å². The van der Waals surface area contributed by atoms with E-state index in [0.717, 1.165) is 0 Å². The molecular weight excluding hydrogens is 390 g/mol. The Kier molecular flexibility index (Phi) is 4.21. The van der Waals surface area contributed by atoms with Gasteiger partial charge in [-0.2, -0.15) is 0 Å². The van der Waals surface area contributed by atoms with Gasteiger partial charge >= 0.3 is 6.36 Å². The van der Waals surface area contributed by atoms with E-state index in [1.54, 1.807) is 6.07 Å². The zero-order chi connectivity index (χ0) is 11.6. The van der Waals surface area contributed by atoms with Crippen molar-refractivity contribution in [3.05, 3.63) is 20.9 Å². The molecule has 0 bridgehead atoms. The summed E-state index contributed by atoms with van der Waals surface area (Å²) in [5.74, 6) is -0.385. The van der Waals surface area contributed by atoms with Crippen molar-refractivity contribution in [3.63, 3.8) is 0 Å². The fourth-order valence-electron chi connectivity index (χ4n) is 0.881. The first-order chi connectivity index (χ1) is 6.83. The minimum Gasteiger partial charge on any atom is -0.388 e. The van der Waals surface area contributed by atoms with Crippen LogP contribution in [0, 0.1) is 10.5 Å². The van der Waals surface area contributed by atoms with Crippen molar-refractivity contribution in [1.82, 2.24) is 4.98 Å². The number of ether oxygens (including phenoxy) is 1. The fraction of sp³-hybridized carbons (Fsp3) is 0.375. The molecule has 15 heavy (non-hydrogen) atoms. The number of hydrogen-bond acceptors (Lipinski definition) is 2. The third kappa shape index (κ3) is 3.78. The summed E-state index contributed by atoms with van der Waals surface area (Å²) in [6.45, 7) is 1.54. The first-order valence-electron chi connectivity index (χ1n) is 3.81. The van der Waals surface area contributed by atoms with Crippen LogP contribution in [0.5, 0.6) is 5.88 Å². The van der Waals surface area contributed by atoms with Gasteiger partial charge < -0.3 is 4.74 Å². The van der Waals surface area contributed by atoms with Crippen LogP contribution in [0.15, 0.2) is 6.07 Å². The van der Waals surface area contributed by atoms with Crippen LogP contribution >= 0.6 is 38.5 Å². The molecule has 1 heterocycles. The van der Waals surface area contributed by atoms with Crippen LogP contribution in [0.1, 0.15) is 11.3 Å². The van der Waals surface area contributed by atoms with E-state index in [1.165, 1.54) is 6.92 Å². The van der Waals surface area contributed by atoms with Gasteiger partial charge in [0.25, 0.3) is 0 Å². The smallest absolute Gasteiger partial charge is 0.388 e. The van der Waals surface area contributed by atoms with Crippen LogP contribution in [0.3, 0.4) is 0 Å². The van der Waals surface area contributed by atoms with Crippen molar-refractivity contribution < 1.29 is 17.9 Å². The van der Waals surface area contributed by atoms with Crippen LogP contribution in [-0.4, -0.2) is 11.3 Å². The molecular formula is C8H6BrF3INO. The lowest BCUT2D eigenvalue weighted by Gasteiger charge is -2.12. The van der Waals surface area contributed by atoms with Gasteiger partial charge in [-0.1, -0.05) is 15.9 Å². The van der Waals surface area contributed by atoms with E-state index in [2.05, 4.69) is 25.7 Å². The lowest BCUT2D eigenvalue weighted by Crippen LogP contribution is -2.19. The van der Waals surface area contributed by atoms with E-state index in [4.69, 9.17) is 0 Å². The minimum atomic E-state index is -4.70. The minimum absolute atomic E-state index is 0.385. The Labute approximate surface area is 106 Å². The molecule has 7 heteroatoms. The van der Waals surface area contributed by atoms with Gasteiger partial charge in [-0.05, 0) is 35.6 Å². The fourth-order valence-corrected chi connectivity index (χ4v) is 1.76. The Bertz CT molecular complexity index is 370. The van der Waals surface area contributed by atoms with Gasteiger partial charge in [-0.3, -0.25) is 0 Å². The number of nitrogens with zero attached hydrogens (tertiary/aromatic N) is 1. The molecule has 0 atom stereocenters. The molecule has 0 aliphatic carbocycles. The van der Waals surface area contributed by atoms with Gasteiger partial charge in [0.15, 0.2) is 0 Å². The Hall–Kier alpha value is -0.0500. The maximum atomic E-state index is 12.0. The number of aromatic nitrogens is 1. The van der Waals surface area contributed by atoms with Gasteiger partial charge in [0, 0.05) is 14.5 Å². The van der Waals surface area contributed by atoms with Crippen LogP contribution in [-0.2, 0) is 5.33 Å². The van der Waals surface area contributed by atoms with Crippen molar-refractivity contribution in [1.29, 1.82) is 0 Å². The number of hydrogen-bond donors (Lipinski definition) is 0. The zero-order valence-corrected chi connectivity index (χ0v) is 11.3.